The van der Waals surface area contributed by atoms with Crippen LogP contribution in [0.25, 0.3) is 0 Å². The van der Waals surface area contributed by atoms with Crippen LogP contribution >= 0.6 is 11.6 Å². The standard InChI is InChI=1S/C11H17Cl/c1-11(2)6-9(8-3-4-8)5-10(12)7-11/h5,8,10H,3-4,6-7H2,1-2H3. The number of allylic oxidation sites excluding steroid dienone is 2. The van der Waals surface area contributed by atoms with E-state index >= 15 is 0 Å². The Morgan fingerprint density at radius 2 is 2.08 bits per heavy atom. The van der Waals surface area contributed by atoms with Gasteiger partial charge in [-0.2, -0.15) is 0 Å². The van der Waals surface area contributed by atoms with Crippen LogP contribution in [0.15, 0.2) is 11.6 Å². The lowest BCUT2D eigenvalue weighted by Gasteiger charge is -2.32. The van der Waals surface area contributed by atoms with E-state index in [9.17, 15) is 0 Å². The molecule has 0 radical (unpaired) electrons. The molecule has 0 aliphatic heterocycles. The molecular weight excluding hydrogens is 168 g/mol. The number of hydrogen-bond acceptors (Lipinski definition) is 0. The molecule has 1 fully saturated rings. The van der Waals surface area contributed by atoms with Crippen molar-refractivity contribution in [2.24, 2.45) is 11.3 Å². The fourth-order valence-corrected chi connectivity index (χ4v) is 2.82. The van der Waals surface area contributed by atoms with Crippen LogP contribution in [0.5, 0.6) is 0 Å². The first kappa shape index (κ1) is 8.62. The zero-order chi connectivity index (χ0) is 8.77. The summed E-state index contributed by atoms with van der Waals surface area (Å²) in [5.74, 6) is 0.908. The second-order valence-corrected chi connectivity index (χ2v) is 5.64. The predicted octanol–water partition coefficient (Wildman–Crippen LogP) is 3.75. The van der Waals surface area contributed by atoms with Gasteiger partial charge in [-0.25, -0.2) is 0 Å². The highest BCUT2D eigenvalue weighted by molar-refractivity contribution is 6.21. The summed E-state index contributed by atoms with van der Waals surface area (Å²) in [6.07, 6.45) is 7.55. The van der Waals surface area contributed by atoms with Crippen LogP contribution in [-0.2, 0) is 0 Å². The number of hydrogen-bond donors (Lipinski definition) is 0. The summed E-state index contributed by atoms with van der Waals surface area (Å²) in [4.78, 5) is 0. The minimum absolute atomic E-state index is 0.296. The molecule has 0 nitrogen and oxygen atoms in total. The summed E-state index contributed by atoms with van der Waals surface area (Å²) in [6.45, 7) is 4.66. The maximum absolute atomic E-state index is 6.19. The van der Waals surface area contributed by atoms with Gasteiger partial charge >= 0.3 is 0 Å². The first-order chi connectivity index (χ1) is 5.57. The summed E-state index contributed by atoms with van der Waals surface area (Å²) >= 11 is 6.19. The van der Waals surface area contributed by atoms with E-state index in [1.165, 1.54) is 19.3 Å². The van der Waals surface area contributed by atoms with Crippen molar-refractivity contribution in [3.05, 3.63) is 11.6 Å². The van der Waals surface area contributed by atoms with E-state index in [1.54, 1.807) is 5.57 Å². The Bertz CT molecular complexity index is 211. The van der Waals surface area contributed by atoms with Crippen LogP contribution in [0, 0.1) is 11.3 Å². The van der Waals surface area contributed by atoms with Crippen molar-refractivity contribution < 1.29 is 0 Å². The molecule has 1 heteroatoms. The van der Waals surface area contributed by atoms with Crippen LogP contribution in [0.4, 0.5) is 0 Å². The van der Waals surface area contributed by atoms with Crippen molar-refractivity contribution in [1.29, 1.82) is 0 Å². The number of halogens is 1. The van der Waals surface area contributed by atoms with Crippen molar-refractivity contribution in [3.63, 3.8) is 0 Å². The molecule has 0 spiro atoms. The summed E-state index contributed by atoms with van der Waals surface area (Å²) in [6, 6.07) is 0. The molecule has 0 aromatic carbocycles. The van der Waals surface area contributed by atoms with Gasteiger partial charge in [-0.3, -0.25) is 0 Å². The molecule has 0 aromatic rings. The lowest BCUT2D eigenvalue weighted by Crippen LogP contribution is -2.22. The van der Waals surface area contributed by atoms with E-state index in [2.05, 4.69) is 19.9 Å². The molecule has 68 valence electrons. The minimum atomic E-state index is 0.296. The Morgan fingerprint density at radius 1 is 1.42 bits per heavy atom. The van der Waals surface area contributed by atoms with Crippen molar-refractivity contribution in [2.45, 2.75) is 44.9 Å². The van der Waals surface area contributed by atoms with Gasteiger partial charge in [0.1, 0.15) is 0 Å². The zero-order valence-corrected chi connectivity index (χ0v) is 8.69. The highest BCUT2D eigenvalue weighted by Gasteiger charge is 2.34. The lowest BCUT2D eigenvalue weighted by molar-refractivity contribution is 0.317. The van der Waals surface area contributed by atoms with Gasteiger partial charge in [0.2, 0.25) is 0 Å². The molecule has 1 unspecified atom stereocenters. The smallest absolute Gasteiger partial charge is 0.0523 e. The van der Waals surface area contributed by atoms with Gasteiger partial charge in [-0.1, -0.05) is 25.5 Å². The third-order valence-corrected chi connectivity index (χ3v) is 3.21. The largest absolute Gasteiger partial charge is 0.118 e. The molecule has 0 N–H and O–H groups in total. The van der Waals surface area contributed by atoms with E-state index in [0.717, 1.165) is 12.3 Å². The monoisotopic (exact) mass is 184 g/mol. The summed E-state index contributed by atoms with van der Waals surface area (Å²) in [5, 5.41) is 0.296. The Morgan fingerprint density at radius 3 is 2.58 bits per heavy atom. The van der Waals surface area contributed by atoms with Crippen LogP contribution < -0.4 is 0 Å². The van der Waals surface area contributed by atoms with Crippen molar-refractivity contribution in [2.75, 3.05) is 0 Å². The first-order valence-electron chi connectivity index (χ1n) is 4.91. The lowest BCUT2D eigenvalue weighted by atomic mass is 9.76. The maximum atomic E-state index is 6.19. The van der Waals surface area contributed by atoms with Gasteiger partial charge in [0.25, 0.3) is 0 Å². The predicted molar refractivity (Wildman–Crippen MR) is 53.5 cm³/mol. The quantitative estimate of drug-likeness (QED) is 0.430. The van der Waals surface area contributed by atoms with E-state index < -0.39 is 0 Å². The van der Waals surface area contributed by atoms with Crippen LogP contribution in [-0.4, -0.2) is 5.38 Å². The highest BCUT2D eigenvalue weighted by Crippen LogP contribution is 2.46. The fraction of sp³-hybridized carbons (Fsp3) is 0.818. The van der Waals surface area contributed by atoms with E-state index in [0.29, 0.717) is 10.8 Å². The average molecular weight is 185 g/mol. The van der Waals surface area contributed by atoms with Crippen LogP contribution in [0.2, 0.25) is 0 Å². The highest BCUT2D eigenvalue weighted by atomic mass is 35.5. The van der Waals surface area contributed by atoms with Crippen molar-refractivity contribution in [1.82, 2.24) is 0 Å². The number of alkyl halides is 1. The van der Waals surface area contributed by atoms with Gasteiger partial charge in [-0.15, -0.1) is 11.6 Å². The molecule has 12 heavy (non-hydrogen) atoms. The minimum Gasteiger partial charge on any atom is -0.118 e. The topological polar surface area (TPSA) is 0 Å². The Balaban J connectivity index is 2.12. The third kappa shape index (κ3) is 1.85. The zero-order valence-electron chi connectivity index (χ0n) is 7.94. The van der Waals surface area contributed by atoms with Gasteiger partial charge in [-0.05, 0) is 37.0 Å². The molecule has 0 aromatic heterocycles. The second-order valence-electron chi connectivity index (χ2n) is 5.08. The molecule has 2 aliphatic rings. The average Bonchev–Trinajstić information content (AvgIpc) is 2.61. The van der Waals surface area contributed by atoms with E-state index in [1.807, 2.05) is 0 Å². The molecule has 0 bridgehead atoms. The number of rotatable bonds is 1. The van der Waals surface area contributed by atoms with E-state index in [-0.39, 0.29) is 0 Å². The molecule has 0 amide bonds. The maximum Gasteiger partial charge on any atom is 0.0523 e. The van der Waals surface area contributed by atoms with Crippen LogP contribution in [0.3, 0.4) is 0 Å². The molecule has 0 heterocycles. The SMILES string of the molecule is CC1(C)CC(C2CC2)=CC(Cl)C1. The first-order valence-corrected chi connectivity index (χ1v) is 5.35. The summed E-state index contributed by atoms with van der Waals surface area (Å²) < 4.78 is 0. The molecular formula is C11H17Cl. The van der Waals surface area contributed by atoms with Crippen molar-refractivity contribution >= 4 is 11.6 Å². The molecule has 2 rings (SSSR count). The van der Waals surface area contributed by atoms with Crippen LogP contribution in [0.1, 0.15) is 39.5 Å². The van der Waals surface area contributed by atoms with Crippen molar-refractivity contribution in [3.8, 4) is 0 Å². The molecule has 2 aliphatic carbocycles. The normalized spacial score (nSPS) is 34.6. The fourth-order valence-electron chi connectivity index (χ4n) is 2.24. The van der Waals surface area contributed by atoms with Gasteiger partial charge < -0.3 is 0 Å². The summed E-state index contributed by atoms with van der Waals surface area (Å²) in [5.41, 5.74) is 2.09. The molecule has 1 saturated carbocycles. The van der Waals surface area contributed by atoms with Gasteiger partial charge in [0, 0.05) is 0 Å². The Kier molecular flexibility index (Phi) is 1.99. The summed E-state index contributed by atoms with van der Waals surface area (Å²) in [7, 11) is 0. The van der Waals surface area contributed by atoms with E-state index in [4.69, 9.17) is 11.6 Å². The van der Waals surface area contributed by atoms with Gasteiger partial charge in [0.05, 0.1) is 5.38 Å². The van der Waals surface area contributed by atoms with Gasteiger partial charge in [0.15, 0.2) is 0 Å². The molecule has 1 atom stereocenters. The third-order valence-electron chi connectivity index (χ3n) is 2.93. The molecule has 0 saturated heterocycles. The Labute approximate surface area is 80.0 Å². The second kappa shape index (κ2) is 2.77. The Hall–Kier alpha value is 0.0300.